The first-order valence-electron chi connectivity index (χ1n) is 6.20. The fraction of sp³-hybridized carbons (Fsp3) is 0.571. The Bertz CT molecular complexity index is 411. The number of hydrogen-bond donors (Lipinski definition) is 1. The summed E-state index contributed by atoms with van der Waals surface area (Å²) < 4.78 is 19.3. The van der Waals surface area contributed by atoms with Crippen LogP contribution in [0, 0.1) is 12.7 Å². The van der Waals surface area contributed by atoms with Gasteiger partial charge in [0.2, 0.25) is 0 Å². The average molecular weight is 237 g/mol. The van der Waals surface area contributed by atoms with Crippen LogP contribution in [0.4, 0.5) is 4.39 Å². The minimum absolute atomic E-state index is 0.289. The predicted molar refractivity (Wildman–Crippen MR) is 66.6 cm³/mol. The molecule has 1 aliphatic rings. The number of halogens is 1. The zero-order valence-electron chi connectivity index (χ0n) is 10.6. The van der Waals surface area contributed by atoms with Crippen LogP contribution in [0.2, 0.25) is 0 Å². The van der Waals surface area contributed by atoms with Crippen molar-refractivity contribution in [2.24, 2.45) is 5.73 Å². The van der Waals surface area contributed by atoms with Crippen LogP contribution in [0.15, 0.2) is 12.1 Å². The van der Waals surface area contributed by atoms with Crippen LogP contribution in [0.25, 0.3) is 0 Å². The smallest absolute Gasteiger partial charge is 0.170 e. The molecule has 1 aromatic rings. The molecule has 0 aliphatic heterocycles. The van der Waals surface area contributed by atoms with E-state index >= 15 is 0 Å². The van der Waals surface area contributed by atoms with Crippen molar-refractivity contribution in [3.63, 3.8) is 0 Å². The molecule has 17 heavy (non-hydrogen) atoms. The highest BCUT2D eigenvalue weighted by atomic mass is 19.1. The molecular formula is C14H20FNO. The Kier molecular flexibility index (Phi) is 3.38. The highest BCUT2D eigenvalue weighted by Crippen LogP contribution is 2.38. The number of ether oxygens (including phenoxy) is 1. The van der Waals surface area contributed by atoms with E-state index in [0.29, 0.717) is 11.3 Å². The summed E-state index contributed by atoms with van der Waals surface area (Å²) >= 11 is 0. The summed E-state index contributed by atoms with van der Waals surface area (Å²) in [6, 6.07) is 3.58. The van der Waals surface area contributed by atoms with E-state index in [0.717, 1.165) is 31.2 Å². The van der Waals surface area contributed by atoms with Crippen LogP contribution in [0.1, 0.15) is 43.2 Å². The molecule has 94 valence electrons. The summed E-state index contributed by atoms with van der Waals surface area (Å²) in [7, 11) is 1.49. The summed E-state index contributed by atoms with van der Waals surface area (Å²) in [6.07, 6.45) is 5.06. The number of rotatable bonds is 2. The molecule has 2 N–H and O–H groups in total. The highest BCUT2D eigenvalue weighted by molar-refractivity contribution is 5.39. The van der Waals surface area contributed by atoms with Gasteiger partial charge in [-0.1, -0.05) is 25.3 Å². The maximum Gasteiger partial charge on any atom is 0.170 e. The van der Waals surface area contributed by atoms with E-state index in [1.54, 1.807) is 6.07 Å². The summed E-state index contributed by atoms with van der Waals surface area (Å²) in [5, 5.41) is 0. The van der Waals surface area contributed by atoms with Crippen LogP contribution < -0.4 is 10.5 Å². The van der Waals surface area contributed by atoms with Gasteiger partial charge in [-0.2, -0.15) is 0 Å². The molecule has 1 saturated carbocycles. The second-order valence-electron chi connectivity index (χ2n) is 5.05. The highest BCUT2D eigenvalue weighted by Gasteiger charge is 2.33. The third-order valence-corrected chi connectivity index (χ3v) is 3.69. The van der Waals surface area contributed by atoms with E-state index in [9.17, 15) is 4.39 Å². The molecule has 0 spiro atoms. The van der Waals surface area contributed by atoms with Gasteiger partial charge in [0.1, 0.15) is 0 Å². The Morgan fingerprint density at radius 3 is 2.47 bits per heavy atom. The summed E-state index contributed by atoms with van der Waals surface area (Å²) in [5.74, 6) is 0.0119. The van der Waals surface area contributed by atoms with Crippen molar-refractivity contribution in [1.29, 1.82) is 0 Å². The Morgan fingerprint density at radius 2 is 1.88 bits per heavy atom. The average Bonchev–Trinajstić information content (AvgIpc) is 2.32. The van der Waals surface area contributed by atoms with Gasteiger partial charge in [-0.3, -0.25) is 0 Å². The maximum absolute atomic E-state index is 14.3. The largest absolute Gasteiger partial charge is 0.494 e. The standard InChI is InChI=1S/C14H20FNO/c1-10-8-11(13(15)12(9-10)17-2)14(16)6-4-3-5-7-14/h8-9H,3-7,16H2,1-2H3. The SMILES string of the molecule is COc1cc(C)cc(C2(N)CCCCC2)c1F. The molecule has 0 heterocycles. The minimum Gasteiger partial charge on any atom is -0.494 e. The maximum atomic E-state index is 14.3. The van der Waals surface area contributed by atoms with Crippen molar-refractivity contribution < 1.29 is 9.13 Å². The molecule has 0 atom stereocenters. The number of benzene rings is 1. The van der Waals surface area contributed by atoms with Gasteiger partial charge < -0.3 is 10.5 Å². The molecule has 0 aromatic heterocycles. The third-order valence-electron chi connectivity index (χ3n) is 3.69. The first-order valence-corrected chi connectivity index (χ1v) is 6.20. The van der Waals surface area contributed by atoms with Gasteiger partial charge in [-0.15, -0.1) is 0 Å². The first kappa shape index (κ1) is 12.4. The van der Waals surface area contributed by atoms with Crippen molar-refractivity contribution in [2.45, 2.75) is 44.6 Å². The topological polar surface area (TPSA) is 35.2 Å². The van der Waals surface area contributed by atoms with Crippen LogP contribution in [-0.4, -0.2) is 7.11 Å². The lowest BCUT2D eigenvalue weighted by Gasteiger charge is -2.34. The van der Waals surface area contributed by atoms with Gasteiger partial charge in [0.15, 0.2) is 11.6 Å². The molecule has 2 nitrogen and oxygen atoms in total. The lowest BCUT2D eigenvalue weighted by atomic mass is 9.77. The third kappa shape index (κ3) is 2.29. The number of aryl methyl sites for hydroxylation is 1. The Morgan fingerprint density at radius 1 is 1.24 bits per heavy atom. The van der Waals surface area contributed by atoms with Crippen molar-refractivity contribution in [1.82, 2.24) is 0 Å². The normalized spacial score (nSPS) is 19.1. The quantitative estimate of drug-likeness (QED) is 0.856. The fourth-order valence-corrected chi connectivity index (χ4v) is 2.70. The van der Waals surface area contributed by atoms with Crippen LogP contribution in [0.5, 0.6) is 5.75 Å². The molecular weight excluding hydrogens is 217 g/mol. The molecule has 1 aliphatic carbocycles. The number of nitrogens with two attached hydrogens (primary N) is 1. The molecule has 0 saturated heterocycles. The molecule has 0 radical (unpaired) electrons. The Balaban J connectivity index is 2.46. The van der Waals surface area contributed by atoms with Crippen molar-refractivity contribution in [3.8, 4) is 5.75 Å². The van der Waals surface area contributed by atoms with Crippen LogP contribution in [0.3, 0.4) is 0 Å². The van der Waals surface area contributed by atoms with Gasteiger partial charge in [0, 0.05) is 11.1 Å². The molecule has 1 fully saturated rings. The molecule has 2 rings (SSSR count). The molecule has 1 aromatic carbocycles. The van der Waals surface area contributed by atoms with Gasteiger partial charge in [-0.05, 0) is 31.4 Å². The molecule has 0 amide bonds. The van der Waals surface area contributed by atoms with E-state index in [4.69, 9.17) is 10.5 Å². The van der Waals surface area contributed by atoms with E-state index in [2.05, 4.69) is 0 Å². The zero-order valence-corrected chi connectivity index (χ0v) is 10.6. The Hall–Kier alpha value is -1.09. The van der Waals surface area contributed by atoms with E-state index in [-0.39, 0.29) is 5.82 Å². The lowest BCUT2D eigenvalue weighted by molar-refractivity contribution is 0.287. The second kappa shape index (κ2) is 4.65. The van der Waals surface area contributed by atoms with E-state index in [1.807, 2.05) is 13.0 Å². The van der Waals surface area contributed by atoms with Crippen LogP contribution in [-0.2, 0) is 5.54 Å². The van der Waals surface area contributed by atoms with Gasteiger partial charge in [-0.25, -0.2) is 4.39 Å². The zero-order chi connectivity index (χ0) is 12.5. The van der Waals surface area contributed by atoms with Gasteiger partial charge in [0.25, 0.3) is 0 Å². The van der Waals surface area contributed by atoms with E-state index in [1.165, 1.54) is 13.5 Å². The van der Waals surface area contributed by atoms with Crippen molar-refractivity contribution in [3.05, 3.63) is 29.1 Å². The number of methoxy groups -OCH3 is 1. The van der Waals surface area contributed by atoms with Crippen molar-refractivity contribution >= 4 is 0 Å². The fourth-order valence-electron chi connectivity index (χ4n) is 2.70. The molecule has 0 unspecified atom stereocenters. The molecule has 3 heteroatoms. The monoisotopic (exact) mass is 237 g/mol. The van der Waals surface area contributed by atoms with Gasteiger partial charge >= 0.3 is 0 Å². The van der Waals surface area contributed by atoms with Gasteiger partial charge in [0.05, 0.1) is 7.11 Å². The predicted octanol–water partition coefficient (Wildman–Crippen LogP) is 3.26. The number of hydrogen-bond acceptors (Lipinski definition) is 2. The minimum atomic E-state index is -0.512. The van der Waals surface area contributed by atoms with Crippen LogP contribution >= 0.6 is 0 Å². The summed E-state index contributed by atoms with van der Waals surface area (Å²) in [6.45, 7) is 1.94. The summed E-state index contributed by atoms with van der Waals surface area (Å²) in [5.41, 5.74) is 7.48. The van der Waals surface area contributed by atoms with E-state index < -0.39 is 5.54 Å². The summed E-state index contributed by atoms with van der Waals surface area (Å²) in [4.78, 5) is 0. The molecule has 0 bridgehead atoms. The lowest BCUT2D eigenvalue weighted by Crippen LogP contribution is -2.39. The first-order chi connectivity index (χ1) is 8.07. The second-order valence-corrected chi connectivity index (χ2v) is 5.05. The van der Waals surface area contributed by atoms with Crippen molar-refractivity contribution in [2.75, 3.05) is 7.11 Å². The Labute approximate surface area is 102 Å².